The zero-order valence-corrected chi connectivity index (χ0v) is 11.4. The average molecular weight is 302 g/mol. The van der Waals surface area contributed by atoms with Crippen molar-refractivity contribution < 1.29 is 4.42 Å². The molecule has 0 fully saturated rings. The molecule has 0 bridgehead atoms. The molecule has 2 rings (SSSR count). The summed E-state index contributed by atoms with van der Waals surface area (Å²) in [5.41, 5.74) is 7.10. The van der Waals surface area contributed by atoms with Gasteiger partial charge in [-0.2, -0.15) is 0 Å². The van der Waals surface area contributed by atoms with E-state index in [2.05, 4.69) is 39.4 Å². The van der Waals surface area contributed by atoms with Crippen molar-refractivity contribution in [1.82, 2.24) is 9.59 Å². The topological polar surface area (TPSA) is 64.9 Å². The lowest BCUT2D eigenvalue weighted by Gasteiger charge is -2.10. The van der Waals surface area contributed by atoms with Crippen LogP contribution in [0.2, 0.25) is 0 Å². The summed E-state index contributed by atoms with van der Waals surface area (Å²) in [6.45, 7) is 4.15. The summed E-state index contributed by atoms with van der Waals surface area (Å²) in [6, 6.07) is 1.53. The van der Waals surface area contributed by atoms with E-state index in [1.807, 2.05) is 6.07 Å². The molecule has 6 heteroatoms. The van der Waals surface area contributed by atoms with E-state index in [0.717, 1.165) is 15.0 Å². The van der Waals surface area contributed by atoms with Gasteiger partial charge in [-0.15, -0.1) is 5.10 Å². The zero-order valence-electron chi connectivity index (χ0n) is 8.98. The van der Waals surface area contributed by atoms with E-state index in [1.165, 1.54) is 11.5 Å². The summed E-state index contributed by atoms with van der Waals surface area (Å²) in [7, 11) is 0. The van der Waals surface area contributed by atoms with Crippen LogP contribution in [0.15, 0.2) is 21.2 Å². The molecule has 0 saturated heterocycles. The lowest BCUT2D eigenvalue weighted by atomic mass is 10.1. The van der Waals surface area contributed by atoms with E-state index in [1.54, 1.807) is 6.26 Å². The number of furan rings is 1. The van der Waals surface area contributed by atoms with Crippen LogP contribution in [0.4, 0.5) is 0 Å². The van der Waals surface area contributed by atoms with Gasteiger partial charge in [-0.05, 0) is 39.4 Å². The molecule has 0 aliphatic heterocycles. The van der Waals surface area contributed by atoms with Crippen LogP contribution in [-0.2, 0) is 0 Å². The van der Waals surface area contributed by atoms with Gasteiger partial charge in [0.15, 0.2) is 0 Å². The largest absolute Gasteiger partial charge is 0.466 e. The molecule has 86 valence electrons. The van der Waals surface area contributed by atoms with Gasteiger partial charge in [-0.3, -0.25) is 0 Å². The van der Waals surface area contributed by atoms with E-state index < -0.39 is 0 Å². The number of hydrogen-bond acceptors (Lipinski definition) is 5. The van der Waals surface area contributed by atoms with Gasteiger partial charge in [0.05, 0.1) is 21.3 Å². The standard InChI is InChI=1S/C10H12BrN3OS/c1-5(2)8-10(16-14-13-8)7(12)9-6(11)3-4-15-9/h3-5,7H,12H2,1-2H3. The Bertz CT molecular complexity index is 480. The molecule has 2 aromatic heterocycles. The molecule has 0 amide bonds. The highest BCUT2D eigenvalue weighted by Crippen LogP contribution is 2.32. The molecule has 2 heterocycles. The predicted molar refractivity (Wildman–Crippen MR) is 66.4 cm³/mol. The van der Waals surface area contributed by atoms with Crippen LogP contribution in [0.3, 0.4) is 0 Å². The molecule has 16 heavy (non-hydrogen) atoms. The smallest absolute Gasteiger partial charge is 0.140 e. The van der Waals surface area contributed by atoms with Gasteiger partial charge in [0.2, 0.25) is 0 Å². The number of nitrogens with zero attached hydrogens (tertiary/aromatic N) is 2. The minimum Gasteiger partial charge on any atom is -0.466 e. The molecule has 2 N–H and O–H groups in total. The molecule has 0 aliphatic rings. The highest BCUT2D eigenvalue weighted by Gasteiger charge is 2.23. The van der Waals surface area contributed by atoms with Crippen molar-refractivity contribution in [2.75, 3.05) is 0 Å². The first kappa shape index (κ1) is 11.8. The Morgan fingerprint density at radius 2 is 2.25 bits per heavy atom. The summed E-state index contributed by atoms with van der Waals surface area (Å²) in [4.78, 5) is 0.964. The highest BCUT2D eigenvalue weighted by molar-refractivity contribution is 9.10. The fraction of sp³-hybridized carbons (Fsp3) is 0.400. The summed E-state index contributed by atoms with van der Waals surface area (Å²) < 4.78 is 10.2. The van der Waals surface area contributed by atoms with Crippen LogP contribution in [0.5, 0.6) is 0 Å². The van der Waals surface area contributed by atoms with Crippen LogP contribution >= 0.6 is 27.5 Å². The second-order valence-corrected chi connectivity index (χ2v) is 5.43. The SMILES string of the molecule is CC(C)c1nnsc1C(N)c1occc1Br. The molecular formula is C10H12BrN3OS. The first-order valence-corrected chi connectivity index (χ1v) is 6.48. The number of hydrogen-bond donors (Lipinski definition) is 1. The molecule has 0 spiro atoms. The zero-order chi connectivity index (χ0) is 11.7. The van der Waals surface area contributed by atoms with E-state index in [0.29, 0.717) is 11.7 Å². The summed E-state index contributed by atoms with van der Waals surface area (Å²) in [5.74, 6) is 1.03. The Kier molecular flexibility index (Phi) is 3.41. The molecular weight excluding hydrogens is 290 g/mol. The Morgan fingerprint density at radius 1 is 1.50 bits per heavy atom. The fourth-order valence-corrected chi connectivity index (χ4v) is 2.72. The van der Waals surface area contributed by atoms with Crippen molar-refractivity contribution in [3.63, 3.8) is 0 Å². The van der Waals surface area contributed by atoms with E-state index in [9.17, 15) is 0 Å². The van der Waals surface area contributed by atoms with Crippen molar-refractivity contribution in [1.29, 1.82) is 0 Å². The van der Waals surface area contributed by atoms with E-state index in [-0.39, 0.29) is 6.04 Å². The molecule has 1 atom stereocenters. The van der Waals surface area contributed by atoms with Crippen molar-refractivity contribution in [2.45, 2.75) is 25.8 Å². The third-order valence-corrected chi connectivity index (χ3v) is 3.77. The Labute approximate surface area is 106 Å². The van der Waals surface area contributed by atoms with Gasteiger partial charge in [0.1, 0.15) is 11.8 Å². The third kappa shape index (κ3) is 2.05. The molecule has 0 aliphatic carbocycles. The first-order valence-electron chi connectivity index (χ1n) is 4.92. The monoisotopic (exact) mass is 301 g/mol. The maximum Gasteiger partial charge on any atom is 0.140 e. The molecule has 0 aromatic carbocycles. The Morgan fingerprint density at radius 3 is 2.81 bits per heavy atom. The maximum absolute atomic E-state index is 6.15. The quantitative estimate of drug-likeness (QED) is 0.946. The second kappa shape index (κ2) is 4.65. The minimum absolute atomic E-state index is 0.304. The summed E-state index contributed by atoms with van der Waals surface area (Å²) in [6.07, 6.45) is 1.61. The number of nitrogens with two attached hydrogens (primary N) is 1. The van der Waals surface area contributed by atoms with Gasteiger partial charge < -0.3 is 10.2 Å². The highest BCUT2D eigenvalue weighted by atomic mass is 79.9. The first-order chi connectivity index (χ1) is 7.61. The summed E-state index contributed by atoms with van der Waals surface area (Å²) in [5, 5.41) is 4.11. The Hall–Kier alpha value is -0.720. The average Bonchev–Trinajstić information content (AvgIpc) is 2.84. The fourth-order valence-electron chi connectivity index (χ4n) is 1.47. The Balaban J connectivity index is 2.38. The van der Waals surface area contributed by atoms with Gasteiger partial charge in [0, 0.05) is 0 Å². The normalized spacial score (nSPS) is 13.3. The second-order valence-electron chi connectivity index (χ2n) is 3.79. The maximum atomic E-state index is 6.15. The van der Waals surface area contributed by atoms with Crippen molar-refractivity contribution >= 4 is 27.5 Å². The van der Waals surface area contributed by atoms with Gasteiger partial charge in [-0.25, -0.2) is 0 Å². The van der Waals surface area contributed by atoms with Crippen LogP contribution in [-0.4, -0.2) is 9.59 Å². The lowest BCUT2D eigenvalue weighted by molar-refractivity contribution is 0.487. The van der Waals surface area contributed by atoms with Crippen molar-refractivity contribution in [3.8, 4) is 0 Å². The summed E-state index contributed by atoms with van der Waals surface area (Å²) >= 11 is 4.73. The third-order valence-electron chi connectivity index (χ3n) is 2.30. The molecule has 1 unspecified atom stereocenters. The molecule has 0 radical (unpaired) electrons. The van der Waals surface area contributed by atoms with Crippen LogP contribution in [0, 0.1) is 0 Å². The molecule has 4 nitrogen and oxygen atoms in total. The minimum atomic E-state index is -0.304. The van der Waals surface area contributed by atoms with E-state index >= 15 is 0 Å². The molecule has 2 aromatic rings. The van der Waals surface area contributed by atoms with Crippen molar-refractivity contribution in [3.05, 3.63) is 33.1 Å². The van der Waals surface area contributed by atoms with Crippen LogP contribution < -0.4 is 5.73 Å². The van der Waals surface area contributed by atoms with Gasteiger partial charge in [-0.1, -0.05) is 18.3 Å². The number of aromatic nitrogens is 2. The van der Waals surface area contributed by atoms with E-state index in [4.69, 9.17) is 10.2 Å². The number of rotatable bonds is 3. The van der Waals surface area contributed by atoms with Crippen molar-refractivity contribution in [2.24, 2.45) is 5.73 Å². The van der Waals surface area contributed by atoms with Crippen LogP contribution in [0.25, 0.3) is 0 Å². The molecule has 0 saturated carbocycles. The van der Waals surface area contributed by atoms with Gasteiger partial charge >= 0.3 is 0 Å². The number of halogens is 1. The van der Waals surface area contributed by atoms with Gasteiger partial charge in [0.25, 0.3) is 0 Å². The predicted octanol–water partition coefficient (Wildman–Crippen LogP) is 3.07. The lowest BCUT2D eigenvalue weighted by Crippen LogP contribution is -2.12. The van der Waals surface area contributed by atoms with Crippen LogP contribution in [0.1, 0.15) is 42.1 Å².